The fourth-order valence-electron chi connectivity index (χ4n) is 1.19. The van der Waals surface area contributed by atoms with E-state index in [0.29, 0.717) is 18.5 Å². The summed E-state index contributed by atoms with van der Waals surface area (Å²) in [5.41, 5.74) is 0.263. The SMILES string of the molecule is CCCCOc1cc([N+](=O)[O-])ccc1C=O. The molecule has 0 bridgehead atoms. The van der Waals surface area contributed by atoms with Gasteiger partial charge in [0.1, 0.15) is 5.75 Å². The van der Waals surface area contributed by atoms with Gasteiger partial charge in [0.05, 0.1) is 23.2 Å². The molecule has 0 aliphatic carbocycles. The second kappa shape index (κ2) is 5.85. The second-order valence-corrected chi connectivity index (χ2v) is 3.30. The maximum absolute atomic E-state index is 10.7. The van der Waals surface area contributed by atoms with Gasteiger partial charge in [-0.15, -0.1) is 0 Å². The number of unbranched alkanes of at least 4 members (excludes halogenated alkanes) is 1. The van der Waals surface area contributed by atoms with Crippen LogP contribution in [-0.4, -0.2) is 17.8 Å². The van der Waals surface area contributed by atoms with Gasteiger partial charge in [-0.2, -0.15) is 0 Å². The van der Waals surface area contributed by atoms with Gasteiger partial charge in [-0.05, 0) is 12.5 Å². The van der Waals surface area contributed by atoms with E-state index in [-0.39, 0.29) is 11.4 Å². The Morgan fingerprint density at radius 1 is 1.50 bits per heavy atom. The highest BCUT2D eigenvalue weighted by atomic mass is 16.6. The minimum atomic E-state index is -0.513. The van der Waals surface area contributed by atoms with Crippen LogP contribution in [0, 0.1) is 10.1 Å². The average molecular weight is 223 g/mol. The molecule has 0 N–H and O–H groups in total. The van der Waals surface area contributed by atoms with Crippen molar-refractivity contribution in [3.63, 3.8) is 0 Å². The number of nitro groups is 1. The summed E-state index contributed by atoms with van der Waals surface area (Å²) in [6.45, 7) is 2.47. The molecule has 1 rings (SSSR count). The number of rotatable bonds is 6. The van der Waals surface area contributed by atoms with Crippen LogP contribution < -0.4 is 4.74 Å². The highest BCUT2D eigenvalue weighted by Gasteiger charge is 2.11. The molecule has 1 aromatic carbocycles. The van der Waals surface area contributed by atoms with E-state index in [9.17, 15) is 14.9 Å². The van der Waals surface area contributed by atoms with Crippen LogP contribution in [0.3, 0.4) is 0 Å². The van der Waals surface area contributed by atoms with E-state index in [4.69, 9.17) is 4.74 Å². The van der Waals surface area contributed by atoms with Crippen LogP contribution in [0.4, 0.5) is 5.69 Å². The third-order valence-electron chi connectivity index (χ3n) is 2.09. The minimum Gasteiger partial charge on any atom is -0.493 e. The van der Waals surface area contributed by atoms with Crippen LogP contribution >= 0.6 is 0 Å². The molecular formula is C11H13NO4. The second-order valence-electron chi connectivity index (χ2n) is 3.30. The van der Waals surface area contributed by atoms with Gasteiger partial charge in [-0.1, -0.05) is 13.3 Å². The molecule has 86 valence electrons. The number of carbonyl (C=O) groups excluding carboxylic acids is 1. The normalized spacial score (nSPS) is 9.81. The number of non-ortho nitro benzene ring substituents is 1. The number of nitrogens with zero attached hydrogens (tertiary/aromatic N) is 1. The molecule has 0 aliphatic heterocycles. The molecule has 0 amide bonds. The number of ether oxygens (including phenoxy) is 1. The van der Waals surface area contributed by atoms with E-state index in [2.05, 4.69) is 0 Å². The zero-order chi connectivity index (χ0) is 12.0. The van der Waals surface area contributed by atoms with Gasteiger partial charge in [-0.3, -0.25) is 14.9 Å². The van der Waals surface area contributed by atoms with Crippen molar-refractivity contribution in [2.24, 2.45) is 0 Å². The third-order valence-corrected chi connectivity index (χ3v) is 2.09. The Labute approximate surface area is 93.2 Å². The van der Waals surface area contributed by atoms with Crippen LogP contribution in [-0.2, 0) is 0 Å². The molecule has 0 atom stereocenters. The van der Waals surface area contributed by atoms with Crippen molar-refractivity contribution in [2.75, 3.05) is 6.61 Å². The molecule has 0 aliphatic rings. The molecule has 0 saturated heterocycles. The van der Waals surface area contributed by atoms with Gasteiger partial charge in [0, 0.05) is 6.07 Å². The van der Waals surface area contributed by atoms with E-state index >= 15 is 0 Å². The smallest absolute Gasteiger partial charge is 0.273 e. The summed E-state index contributed by atoms with van der Waals surface area (Å²) in [6.07, 6.45) is 2.44. The van der Waals surface area contributed by atoms with E-state index < -0.39 is 4.92 Å². The number of aldehydes is 1. The van der Waals surface area contributed by atoms with Crippen molar-refractivity contribution < 1.29 is 14.5 Å². The molecule has 0 fully saturated rings. The van der Waals surface area contributed by atoms with Gasteiger partial charge >= 0.3 is 0 Å². The molecular weight excluding hydrogens is 210 g/mol. The van der Waals surface area contributed by atoms with Gasteiger partial charge < -0.3 is 4.74 Å². The van der Waals surface area contributed by atoms with Crippen molar-refractivity contribution in [1.29, 1.82) is 0 Å². The summed E-state index contributed by atoms with van der Waals surface area (Å²) in [6, 6.07) is 3.96. The summed E-state index contributed by atoms with van der Waals surface area (Å²) >= 11 is 0. The molecule has 0 radical (unpaired) electrons. The quantitative estimate of drug-likeness (QED) is 0.321. The Kier molecular flexibility index (Phi) is 4.44. The first-order valence-electron chi connectivity index (χ1n) is 5.05. The lowest BCUT2D eigenvalue weighted by atomic mass is 10.2. The molecule has 0 unspecified atom stereocenters. The van der Waals surface area contributed by atoms with Crippen molar-refractivity contribution in [3.8, 4) is 5.75 Å². The molecule has 1 aromatic rings. The summed E-state index contributed by atoms with van der Waals surface area (Å²) in [7, 11) is 0. The lowest BCUT2D eigenvalue weighted by molar-refractivity contribution is -0.384. The van der Waals surface area contributed by atoms with E-state index in [0.717, 1.165) is 12.8 Å². The highest BCUT2D eigenvalue weighted by molar-refractivity contribution is 5.80. The van der Waals surface area contributed by atoms with Crippen molar-refractivity contribution >= 4 is 12.0 Å². The lowest BCUT2D eigenvalue weighted by Gasteiger charge is -2.07. The topological polar surface area (TPSA) is 69.4 Å². The number of hydrogen-bond donors (Lipinski definition) is 0. The predicted octanol–water partition coefficient (Wildman–Crippen LogP) is 2.59. The first-order valence-corrected chi connectivity index (χ1v) is 5.05. The monoisotopic (exact) mass is 223 g/mol. The van der Waals surface area contributed by atoms with E-state index in [1.54, 1.807) is 0 Å². The molecule has 0 spiro atoms. The van der Waals surface area contributed by atoms with Gasteiger partial charge in [0.2, 0.25) is 0 Å². The van der Waals surface area contributed by atoms with Crippen LogP contribution in [0.5, 0.6) is 5.75 Å². The fraction of sp³-hybridized carbons (Fsp3) is 0.364. The first kappa shape index (κ1) is 12.2. The Hall–Kier alpha value is -1.91. The molecule has 16 heavy (non-hydrogen) atoms. The average Bonchev–Trinajstić information content (AvgIpc) is 2.29. The van der Waals surface area contributed by atoms with Crippen LogP contribution in [0.2, 0.25) is 0 Å². The van der Waals surface area contributed by atoms with Gasteiger partial charge in [0.15, 0.2) is 6.29 Å². The van der Waals surface area contributed by atoms with Crippen LogP contribution in [0.1, 0.15) is 30.1 Å². The fourth-order valence-corrected chi connectivity index (χ4v) is 1.19. The van der Waals surface area contributed by atoms with Crippen molar-refractivity contribution in [2.45, 2.75) is 19.8 Å². The Balaban J connectivity index is 2.88. The molecule has 5 heteroatoms. The van der Waals surface area contributed by atoms with E-state index in [1.807, 2.05) is 6.92 Å². The van der Waals surface area contributed by atoms with Crippen LogP contribution in [0.25, 0.3) is 0 Å². The Morgan fingerprint density at radius 3 is 2.81 bits per heavy atom. The largest absolute Gasteiger partial charge is 0.493 e. The lowest BCUT2D eigenvalue weighted by Crippen LogP contribution is -2.00. The van der Waals surface area contributed by atoms with Crippen LogP contribution in [0.15, 0.2) is 18.2 Å². The predicted molar refractivity (Wildman–Crippen MR) is 58.9 cm³/mol. The molecule has 0 heterocycles. The maximum Gasteiger partial charge on any atom is 0.273 e. The standard InChI is InChI=1S/C11H13NO4/c1-2-3-6-16-11-7-10(12(14)15)5-4-9(11)8-13/h4-5,7-8H,2-3,6H2,1H3. The Bertz CT molecular complexity index is 390. The summed E-state index contributed by atoms with van der Waals surface area (Å²) in [5.74, 6) is 0.276. The number of nitro benzene ring substituents is 1. The molecule has 0 saturated carbocycles. The summed E-state index contributed by atoms with van der Waals surface area (Å²) in [4.78, 5) is 20.7. The number of carbonyl (C=O) groups is 1. The first-order chi connectivity index (χ1) is 7.69. The zero-order valence-corrected chi connectivity index (χ0v) is 9.01. The van der Waals surface area contributed by atoms with E-state index in [1.165, 1.54) is 18.2 Å². The van der Waals surface area contributed by atoms with Gasteiger partial charge in [-0.25, -0.2) is 0 Å². The summed E-state index contributed by atoms with van der Waals surface area (Å²) in [5, 5.41) is 10.5. The van der Waals surface area contributed by atoms with Crippen molar-refractivity contribution in [1.82, 2.24) is 0 Å². The third kappa shape index (κ3) is 3.05. The maximum atomic E-state index is 10.7. The number of benzene rings is 1. The minimum absolute atomic E-state index is 0.0721. The highest BCUT2D eigenvalue weighted by Crippen LogP contribution is 2.23. The number of hydrogen-bond acceptors (Lipinski definition) is 4. The molecule has 0 aromatic heterocycles. The molecule has 5 nitrogen and oxygen atoms in total. The van der Waals surface area contributed by atoms with Gasteiger partial charge in [0.25, 0.3) is 5.69 Å². The van der Waals surface area contributed by atoms with Crippen molar-refractivity contribution in [3.05, 3.63) is 33.9 Å². The summed E-state index contributed by atoms with van der Waals surface area (Å²) < 4.78 is 5.32. The Morgan fingerprint density at radius 2 is 2.25 bits per heavy atom. The zero-order valence-electron chi connectivity index (χ0n) is 9.01.